The lowest BCUT2D eigenvalue weighted by atomic mass is 10.1. The average molecular weight is 270 g/mol. The lowest BCUT2D eigenvalue weighted by Crippen LogP contribution is -2.28. The molecule has 0 heterocycles. The Labute approximate surface area is 98.9 Å². The van der Waals surface area contributed by atoms with Gasteiger partial charge in [0.05, 0.1) is 5.56 Å². The second kappa shape index (κ2) is 4.66. The molecule has 3 N–H and O–H groups in total. The molecule has 82 valence electrons. The summed E-state index contributed by atoms with van der Waals surface area (Å²) in [5.41, 5.74) is 7.32. The van der Waals surface area contributed by atoms with Crippen molar-refractivity contribution in [3.63, 3.8) is 0 Å². The van der Waals surface area contributed by atoms with E-state index in [0.717, 1.165) is 15.7 Å². The highest BCUT2D eigenvalue weighted by atomic mass is 79.9. The van der Waals surface area contributed by atoms with E-state index in [4.69, 9.17) is 11.1 Å². The lowest BCUT2D eigenvalue weighted by Gasteiger charge is -2.26. The maximum absolute atomic E-state index is 7.57. The van der Waals surface area contributed by atoms with Crippen molar-refractivity contribution in [3.05, 3.63) is 28.2 Å². The van der Waals surface area contributed by atoms with E-state index in [2.05, 4.69) is 34.7 Å². The predicted molar refractivity (Wildman–Crippen MR) is 68.7 cm³/mol. The molecule has 0 amide bonds. The van der Waals surface area contributed by atoms with Crippen LogP contribution < -0.4 is 10.6 Å². The first-order chi connectivity index (χ1) is 6.95. The Bertz CT molecular complexity index is 374. The largest absolute Gasteiger partial charge is 0.384 e. The molecule has 0 aliphatic carbocycles. The van der Waals surface area contributed by atoms with E-state index in [1.807, 2.05) is 25.2 Å². The second-order valence-corrected chi connectivity index (χ2v) is 4.61. The molecule has 1 rings (SSSR count). The number of amidine groups is 1. The van der Waals surface area contributed by atoms with Crippen molar-refractivity contribution in [2.75, 3.05) is 11.9 Å². The van der Waals surface area contributed by atoms with E-state index in [9.17, 15) is 0 Å². The Kier molecular flexibility index (Phi) is 3.74. The van der Waals surface area contributed by atoms with Gasteiger partial charge in [0.15, 0.2) is 0 Å². The Morgan fingerprint density at radius 1 is 1.47 bits per heavy atom. The van der Waals surface area contributed by atoms with Gasteiger partial charge in [-0.05, 0) is 41.9 Å². The van der Waals surface area contributed by atoms with E-state index in [1.54, 1.807) is 0 Å². The predicted octanol–water partition coefficient (Wildman–Crippen LogP) is 2.58. The Morgan fingerprint density at radius 2 is 2.07 bits per heavy atom. The number of rotatable bonds is 3. The number of nitrogens with zero attached hydrogens (tertiary/aromatic N) is 1. The molecule has 0 aliphatic rings. The third-order valence-corrected chi connectivity index (χ3v) is 3.08. The van der Waals surface area contributed by atoms with E-state index in [1.165, 1.54) is 0 Å². The summed E-state index contributed by atoms with van der Waals surface area (Å²) in [4.78, 5) is 2.10. The van der Waals surface area contributed by atoms with Crippen LogP contribution in [0.15, 0.2) is 22.7 Å². The van der Waals surface area contributed by atoms with Crippen LogP contribution >= 0.6 is 15.9 Å². The van der Waals surface area contributed by atoms with Gasteiger partial charge in [-0.3, -0.25) is 5.41 Å². The van der Waals surface area contributed by atoms with Crippen LogP contribution in [0.5, 0.6) is 0 Å². The summed E-state index contributed by atoms with van der Waals surface area (Å²) in [6.45, 7) is 4.20. The molecular formula is C11H16BrN3. The molecule has 0 saturated heterocycles. The van der Waals surface area contributed by atoms with Gasteiger partial charge < -0.3 is 10.6 Å². The number of nitrogens with two attached hydrogens (primary N) is 1. The fourth-order valence-electron chi connectivity index (χ4n) is 1.35. The zero-order valence-corrected chi connectivity index (χ0v) is 10.8. The van der Waals surface area contributed by atoms with E-state index in [0.29, 0.717) is 6.04 Å². The maximum Gasteiger partial charge on any atom is 0.126 e. The number of nitrogen functional groups attached to an aromatic ring is 1. The first-order valence-electron chi connectivity index (χ1n) is 4.81. The van der Waals surface area contributed by atoms with Gasteiger partial charge in [-0.2, -0.15) is 0 Å². The summed E-state index contributed by atoms with van der Waals surface area (Å²) < 4.78 is 0.861. The highest BCUT2D eigenvalue weighted by Crippen LogP contribution is 2.27. The topological polar surface area (TPSA) is 53.1 Å². The lowest BCUT2D eigenvalue weighted by molar-refractivity contribution is 0.754. The summed E-state index contributed by atoms with van der Waals surface area (Å²) in [6, 6.07) is 6.19. The standard InChI is InChI=1S/C11H16BrN3/c1-7(2)15(3)9-6-4-5-8(12)10(9)11(13)14/h4-7H,1-3H3,(H3,13,14). The van der Waals surface area contributed by atoms with Crippen LogP contribution in [0.3, 0.4) is 0 Å². The normalized spacial score (nSPS) is 10.5. The number of anilines is 1. The third-order valence-electron chi connectivity index (χ3n) is 2.42. The first-order valence-corrected chi connectivity index (χ1v) is 5.60. The Balaban J connectivity index is 3.29. The van der Waals surface area contributed by atoms with E-state index in [-0.39, 0.29) is 5.84 Å². The van der Waals surface area contributed by atoms with E-state index < -0.39 is 0 Å². The van der Waals surface area contributed by atoms with Crippen molar-refractivity contribution in [1.29, 1.82) is 5.41 Å². The monoisotopic (exact) mass is 269 g/mol. The van der Waals surface area contributed by atoms with Gasteiger partial charge in [-0.15, -0.1) is 0 Å². The average Bonchev–Trinajstić information content (AvgIpc) is 2.15. The number of hydrogen-bond acceptors (Lipinski definition) is 2. The fourth-order valence-corrected chi connectivity index (χ4v) is 1.92. The molecular weight excluding hydrogens is 254 g/mol. The van der Waals surface area contributed by atoms with Gasteiger partial charge in [0.2, 0.25) is 0 Å². The molecule has 0 atom stereocenters. The van der Waals surface area contributed by atoms with Gasteiger partial charge in [-0.1, -0.05) is 6.07 Å². The summed E-state index contributed by atoms with van der Waals surface area (Å²) in [5.74, 6) is 0.0879. The summed E-state index contributed by atoms with van der Waals surface area (Å²) >= 11 is 3.42. The number of halogens is 1. The number of hydrogen-bond donors (Lipinski definition) is 2. The molecule has 0 spiro atoms. The fraction of sp³-hybridized carbons (Fsp3) is 0.364. The zero-order chi connectivity index (χ0) is 11.6. The Morgan fingerprint density at radius 3 is 2.53 bits per heavy atom. The van der Waals surface area contributed by atoms with Crippen LogP contribution in [-0.4, -0.2) is 18.9 Å². The minimum Gasteiger partial charge on any atom is -0.384 e. The molecule has 0 radical (unpaired) electrons. The van der Waals surface area contributed by atoms with Crippen molar-refractivity contribution in [2.45, 2.75) is 19.9 Å². The zero-order valence-electron chi connectivity index (χ0n) is 9.21. The molecule has 1 aromatic carbocycles. The molecule has 0 bridgehead atoms. The van der Waals surface area contributed by atoms with Crippen molar-refractivity contribution in [3.8, 4) is 0 Å². The van der Waals surface area contributed by atoms with Crippen molar-refractivity contribution in [2.24, 2.45) is 5.73 Å². The molecule has 0 saturated carbocycles. The molecule has 15 heavy (non-hydrogen) atoms. The molecule has 4 heteroatoms. The molecule has 0 aliphatic heterocycles. The highest BCUT2D eigenvalue weighted by molar-refractivity contribution is 9.10. The van der Waals surface area contributed by atoms with Gasteiger partial charge in [-0.25, -0.2) is 0 Å². The van der Waals surface area contributed by atoms with Crippen molar-refractivity contribution < 1.29 is 0 Å². The van der Waals surface area contributed by atoms with Crippen LogP contribution in [0.25, 0.3) is 0 Å². The van der Waals surface area contributed by atoms with Crippen LogP contribution in [0, 0.1) is 5.41 Å². The number of nitrogens with one attached hydrogen (secondary N) is 1. The summed E-state index contributed by atoms with van der Waals surface area (Å²) in [6.07, 6.45) is 0. The van der Waals surface area contributed by atoms with Gasteiger partial charge in [0, 0.05) is 23.2 Å². The maximum atomic E-state index is 7.57. The molecule has 0 aromatic heterocycles. The van der Waals surface area contributed by atoms with Crippen LogP contribution in [-0.2, 0) is 0 Å². The van der Waals surface area contributed by atoms with Crippen LogP contribution in [0.1, 0.15) is 19.4 Å². The van der Waals surface area contributed by atoms with Crippen molar-refractivity contribution >= 4 is 27.5 Å². The quantitative estimate of drug-likeness (QED) is 0.655. The molecule has 0 unspecified atom stereocenters. The second-order valence-electron chi connectivity index (χ2n) is 3.75. The molecule has 1 aromatic rings. The van der Waals surface area contributed by atoms with Gasteiger partial charge in [0.1, 0.15) is 5.84 Å². The third kappa shape index (κ3) is 2.50. The minimum atomic E-state index is 0.0879. The minimum absolute atomic E-state index is 0.0879. The Hall–Kier alpha value is -1.03. The van der Waals surface area contributed by atoms with E-state index >= 15 is 0 Å². The summed E-state index contributed by atoms with van der Waals surface area (Å²) in [5, 5.41) is 7.57. The smallest absolute Gasteiger partial charge is 0.126 e. The van der Waals surface area contributed by atoms with Gasteiger partial charge >= 0.3 is 0 Å². The summed E-state index contributed by atoms with van der Waals surface area (Å²) in [7, 11) is 2.00. The van der Waals surface area contributed by atoms with Crippen LogP contribution in [0.4, 0.5) is 5.69 Å². The van der Waals surface area contributed by atoms with Crippen LogP contribution in [0.2, 0.25) is 0 Å². The first kappa shape index (κ1) is 12.0. The van der Waals surface area contributed by atoms with Gasteiger partial charge in [0.25, 0.3) is 0 Å². The van der Waals surface area contributed by atoms with Crippen molar-refractivity contribution in [1.82, 2.24) is 0 Å². The SMILES string of the molecule is CC(C)N(C)c1cccc(Br)c1C(=N)N. The highest BCUT2D eigenvalue weighted by Gasteiger charge is 2.14. The molecule has 3 nitrogen and oxygen atoms in total. The number of benzene rings is 1. The molecule has 0 fully saturated rings.